The van der Waals surface area contributed by atoms with E-state index in [-0.39, 0.29) is 5.78 Å². The quantitative estimate of drug-likeness (QED) is 0.815. The van der Waals surface area contributed by atoms with Crippen molar-refractivity contribution in [3.05, 3.63) is 46.0 Å². The highest BCUT2D eigenvalue weighted by molar-refractivity contribution is 9.10. The van der Waals surface area contributed by atoms with Gasteiger partial charge >= 0.3 is 0 Å². The number of aryl methyl sites for hydroxylation is 3. The molecule has 4 nitrogen and oxygen atoms in total. The second-order valence-corrected chi connectivity index (χ2v) is 5.55. The van der Waals surface area contributed by atoms with Crippen molar-refractivity contribution >= 4 is 21.7 Å². The lowest BCUT2D eigenvalue weighted by atomic mass is 10.1. The Labute approximate surface area is 127 Å². The van der Waals surface area contributed by atoms with E-state index in [0.29, 0.717) is 12.8 Å². The van der Waals surface area contributed by atoms with Crippen LogP contribution in [-0.4, -0.2) is 20.5 Å². The van der Waals surface area contributed by atoms with Gasteiger partial charge in [-0.15, -0.1) is 0 Å². The van der Waals surface area contributed by atoms with Crippen molar-refractivity contribution in [1.29, 1.82) is 0 Å². The van der Waals surface area contributed by atoms with Crippen LogP contribution in [0.1, 0.15) is 30.3 Å². The van der Waals surface area contributed by atoms with E-state index in [1.54, 1.807) is 10.9 Å². The molecule has 0 fully saturated rings. The zero-order valence-electron chi connectivity index (χ0n) is 11.8. The molecule has 0 aromatic carbocycles. The average molecular weight is 336 g/mol. The maximum Gasteiger partial charge on any atom is 0.139 e. The predicted molar refractivity (Wildman–Crippen MR) is 81.6 cm³/mol. The van der Waals surface area contributed by atoms with Gasteiger partial charge in [0, 0.05) is 32.3 Å². The molecule has 2 aromatic heterocycles. The number of halogens is 1. The Bertz CT molecular complexity index is 593. The van der Waals surface area contributed by atoms with E-state index < -0.39 is 0 Å². The summed E-state index contributed by atoms with van der Waals surface area (Å²) in [4.78, 5) is 16.2. The molecule has 0 aliphatic heterocycles. The SMILES string of the molecule is CCc1nn(C)c(CC(=O)CCc2cccnc2)c1Br. The fourth-order valence-corrected chi connectivity index (χ4v) is 2.87. The molecule has 0 saturated carbocycles. The summed E-state index contributed by atoms with van der Waals surface area (Å²) in [6.07, 6.45) is 6.10. The molecule has 0 radical (unpaired) electrons. The third-order valence-electron chi connectivity index (χ3n) is 3.28. The number of aromatic nitrogens is 3. The van der Waals surface area contributed by atoms with Gasteiger partial charge in [-0.1, -0.05) is 13.0 Å². The highest BCUT2D eigenvalue weighted by Gasteiger charge is 2.15. The van der Waals surface area contributed by atoms with E-state index in [1.807, 2.05) is 25.4 Å². The van der Waals surface area contributed by atoms with Gasteiger partial charge in [0.25, 0.3) is 0 Å². The zero-order valence-corrected chi connectivity index (χ0v) is 13.4. The number of carbonyl (C=O) groups excluding carboxylic acids is 1. The first kappa shape index (κ1) is 14.9. The maximum atomic E-state index is 12.1. The number of carbonyl (C=O) groups is 1. The third-order valence-corrected chi connectivity index (χ3v) is 4.20. The Hall–Kier alpha value is -1.49. The molecular weight excluding hydrogens is 318 g/mol. The molecule has 106 valence electrons. The van der Waals surface area contributed by atoms with Gasteiger partial charge in [-0.2, -0.15) is 5.10 Å². The van der Waals surface area contributed by atoms with Crippen molar-refractivity contribution in [3.63, 3.8) is 0 Å². The van der Waals surface area contributed by atoms with E-state index in [9.17, 15) is 4.79 Å². The van der Waals surface area contributed by atoms with E-state index in [0.717, 1.165) is 34.3 Å². The van der Waals surface area contributed by atoms with Crippen LogP contribution in [0.25, 0.3) is 0 Å². The number of hydrogen-bond acceptors (Lipinski definition) is 3. The Morgan fingerprint density at radius 1 is 1.45 bits per heavy atom. The standard InChI is InChI=1S/C15H18BrN3O/c1-3-13-15(16)14(19(2)18-13)9-12(20)7-6-11-5-4-8-17-10-11/h4-5,8,10H,3,6-7,9H2,1-2H3. The zero-order chi connectivity index (χ0) is 14.5. The second-order valence-electron chi connectivity index (χ2n) is 4.76. The van der Waals surface area contributed by atoms with Gasteiger partial charge in [-0.3, -0.25) is 14.5 Å². The largest absolute Gasteiger partial charge is 0.299 e. The smallest absolute Gasteiger partial charge is 0.139 e. The van der Waals surface area contributed by atoms with Crippen molar-refractivity contribution in [2.45, 2.75) is 32.6 Å². The van der Waals surface area contributed by atoms with Crippen molar-refractivity contribution in [3.8, 4) is 0 Å². The number of pyridine rings is 1. The van der Waals surface area contributed by atoms with Crippen LogP contribution in [0, 0.1) is 0 Å². The topological polar surface area (TPSA) is 47.8 Å². The minimum Gasteiger partial charge on any atom is -0.299 e. The van der Waals surface area contributed by atoms with Crippen molar-refractivity contribution in [2.75, 3.05) is 0 Å². The van der Waals surface area contributed by atoms with Gasteiger partial charge in [0.1, 0.15) is 5.78 Å². The molecule has 0 saturated heterocycles. The molecule has 0 aliphatic carbocycles. The molecule has 0 N–H and O–H groups in total. The normalized spacial score (nSPS) is 10.8. The summed E-state index contributed by atoms with van der Waals surface area (Å²) >= 11 is 3.54. The molecule has 2 rings (SSSR count). The minimum absolute atomic E-state index is 0.222. The molecular formula is C15H18BrN3O. The third kappa shape index (κ3) is 3.54. The summed E-state index contributed by atoms with van der Waals surface area (Å²) in [6.45, 7) is 2.06. The average Bonchev–Trinajstić information content (AvgIpc) is 2.73. The molecule has 0 amide bonds. The molecule has 0 spiro atoms. The van der Waals surface area contributed by atoms with Crippen LogP contribution >= 0.6 is 15.9 Å². The fraction of sp³-hybridized carbons (Fsp3) is 0.400. The summed E-state index contributed by atoms with van der Waals surface area (Å²) in [5, 5.41) is 4.41. The van der Waals surface area contributed by atoms with Crippen LogP contribution in [0.15, 0.2) is 29.0 Å². The van der Waals surface area contributed by atoms with Gasteiger partial charge in [0.05, 0.1) is 15.9 Å². The second kappa shape index (κ2) is 6.79. The number of hydrogen-bond donors (Lipinski definition) is 0. The number of Topliss-reactive ketones (excluding diaryl/α,β-unsaturated/α-hetero) is 1. The lowest BCUT2D eigenvalue weighted by Gasteiger charge is -2.03. The summed E-state index contributed by atoms with van der Waals surface area (Å²) < 4.78 is 2.77. The first-order chi connectivity index (χ1) is 9.61. The molecule has 0 bridgehead atoms. The summed E-state index contributed by atoms with van der Waals surface area (Å²) in [7, 11) is 1.88. The molecule has 5 heteroatoms. The van der Waals surface area contributed by atoms with Gasteiger partial charge in [-0.25, -0.2) is 0 Å². The van der Waals surface area contributed by atoms with Gasteiger partial charge < -0.3 is 0 Å². The summed E-state index contributed by atoms with van der Waals surface area (Å²) in [6, 6.07) is 3.89. The van der Waals surface area contributed by atoms with Crippen LogP contribution in [0.5, 0.6) is 0 Å². The first-order valence-corrected chi connectivity index (χ1v) is 7.52. The molecule has 2 aromatic rings. The lowest BCUT2D eigenvalue weighted by molar-refractivity contribution is -0.118. The van der Waals surface area contributed by atoms with E-state index >= 15 is 0 Å². The Balaban J connectivity index is 1.97. The fourth-order valence-electron chi connectivity index (χ4n) is 2.12. The van der Waals surface area contributed by atoms with Crippen molar-refractivity contribution in [1.82, 2.24) is 14.8 Å². The first-order valence-electron chi connectivity index (χ1n) is 6.72. The van der Waals surface area contributed by atoms with Crippen LogP contribution < -0.4 is 0 Å². The van der Waals surface area contributed by atoms with Crippen LogP contribution in [0.3, 0.4) is 0 Å². The molecule has 20 heavy (non-hydrogen) atoms. The molecule has 0 unspecified atom stereocenters. The van der Waals surface area contributed by atoms with Gasteiger partial charge in [-0.05, 0) is 40.4 Å². The van der Waals surface area contributed by atoms with Gasteiger partial charge in [0.15, 0.2) is 0 Å². The Morgan fingerprint density at radius 2 is 2.25 bits per heavy atom. The van der Waals surface area contributed by atoms with E-state index in [1.165, 1.54) is 0 Å². The highest BCUT2D eigenvalue weighted by atomic mass is 79.9. The van der Waals surface area contributed by atoms with Gasteiger partial charge in [0.2, 0.25) is 0 Å². The van der Waals surface area contributed by atoms with Crippen molar-refractivity contribution in [2.24, 2.45) is 7.05 Å². The number of nitrogens with zero attached hydrogens (tertiary/aromatic N) is 3. The minimum atomic E-state index is 0.222. The van der Waals surface area contributed by atoms with E-state index in [4.69, 9.17) is 0 Å². The molecule has 2 heterocycles. The van der Waals surface area contributed by atoms with Crippen LogP contribution in [0.2, 0.25) is 0 Å². The summed E-state index contributed by atoms with van der Waals surface area (Å²) in [5.74, 6) is 0.222. The van der Waals surface area contributed by atoms with Crippen LogP contribution in [-0.2, 0) is 31.1 Å². The predicted octanol–water partition coefficient (Wildman–Crippen LogP) is 2.88. The van der Waals surface area contributed by atoms with Crippen LogP contribution in [0.4, 0.5) is 0 Å². The maximum absolute atomic E-state index is 12.1. The summed E-state index contributed by atoms with van der Waals surface area (Å²) in [5.41, 5.74) is 3.06. The number of rotatable bonds is 6. The van der Waals surface area contributed by atoms with Crippen molar-refractivity contribution < 1.29 is 4.79 Å². The Kier molecular flexibility index (Phi) is 5.06. The highest BCUT2D eigenvalue weighted by Crippen LogP contribution is 2.22. The monoisotopic (exact) mass is 335 g/mol. The van der Waals surface area contributed by atoms with E-state index in [2.05, 4.69) is 32.9 Å². The lowest BCUT2D eigenvalue weighted by Crippen LogP contribution is -2.09. The number of ketones is 1. The molecule has 0 atom stereocenters. The molecule has 0 aliphatic rings. The Morgan fingerprint density at radius 3 is 2.85 bits per heavy atom.